The topological polar surface area (TPSA) is 0 Å². The number of thioether (sulfide) groups is 1. The molecule has 1 rings (SSSR count). The van der Waals surface area contributed by atoms with E-state index in [0.717, 1.165) is 0 Å². The molecule has 0 unspecified atom stereocenters. The first-order valence-corrected chi connectivity index (χ1v) is 5.45. The summed E-state index contributed by atoms with van der Waals surface area (Å²) in [7, 11) is 0. The van der Waals surface area contributed by atoms with Crippen LogP contribution in [0.5, 0.6) is 0 Å². The molecule has 0 amide bonds. The van der Waals surface area contributed by atoms with Gasteiger partial charge in [-0.1, -0.05) is 20.3 Å². The largest absolute Gasteiger partial charge is 0.155 e. The van der Waals surface area contributed by atoms with Gasteiger partial charge in [0.25, 0.3) is 0 Å². The third-order valence-electron chi connectivity index (χ3n) is 2.72. The van der Waals surface area contributed by atoms with Gasteiger partial charge in [-0.2, -0.15) is 11.8 Å². The number of hydrogen-bond donors (Lipinski definition) is 0. The average molecular weight is 158 g/mol. The van der Waals surface area contributed by atoms with Crippen molar-refractivity contribution in [3.05, 3.63) is 0 Å². The predicted octanol–water partition coefficient (Wildman–Crippen LogP) is 3.46. The molecule has 60 valence electrons. The van der Waals surface area contributed by atoms with E-state index in [1.165, 1.54) is 37.9 Å². The van der Waals surface area contributed by atoms with Gasteiger partial charge in [0.05, 0.1) is 0 Å². The molecule has 0 saturated carbocycles. The second-order valence-corrected chi connectivity index (χ2v) is 4.76. The van der Waals surface area contributed by atoms with Gasteiger partial charge in [0.2, 0.25) is 0 Å². The number of hydrogen-bond acceptors (Lipinski definition) is 1. The molecule has 1 heterocycles. The Morgan fingerprint density at radius 3 is 2.20 bits per heavy atom. The Morgan fingerprint density at radius 1 is 1.20 bits per heavy atom. The molecule has 0 aromatic rings. The Bertz CT molecular complexity index is 86.9. The van der Waals surface area contributed by atoms with E-state index in [1.54, 1.807) is 0 Å². The van der Waals surface area contributed by atoms with E-state index in [1.807, 2.05) is 0 Å². The van der Waals surface area contributed by atoms with Gasteiger partial charge in [0.15, 0.2) is 0 Å². The van der Waals surface area contributed by atoms with Crippen LogP contribution >= 0.6 is 11.8 Å². The highest BCUT2D eigenvalue weighted by Crippen LogP contribution is 2.41. The van der Waals surface area contributed by atoms with Crippen LogP contribution in [0, 0.1) is 0 Å². The molecule has 0 N–H and O–H groups in total. The van der Waals surface area contributed by atoms with E-state index >= 15 is 0 Å². The predicted molar refractivity (Wildman–Crippen MR) is 49.6 cm³/mol. The summed E-state index contributed by atoms with van der Waals surface area (Å²) in [5.41, 5.74) is 0. The first-order valence-electron chi connectivity index (χ1n) is 4.47. The fraction of sp³-hybridized carbons (Fsp3) is 1.00. The van der Waals surface area contributed by atoms with Crippen LogP contribution in [-0.4, -0.2) is 10.5 Å². The molecule has 1 aliphatic rings. The number of rotatable bonds is 2. The molecular weight excluding hydrogens is 140 g/mol. The van der Waals surface area contributed by atoms with E-state index in [9.17, 15) is 0 Å². The molecule has 0 atom stereocenters. The van der Waals surface area contributed by atoms with Gasteiger partial charge >= 0.3 is 0 Å². The van der Waals surface area contributed by atoms with Gasteiger partial charge in [-0.25, -0.2) is 0 Å². The van der Waals surface area contributed by atoms with E-state index in [-0.39, 0.29) is 0 Å². The molecule has 0 spiro atoms. The summed E-state index contributed by atoms with van der Waals surface area (Å²) in [6.45, 7) is 4.67. The molecular formula is C9H18S. The highest BCUT2D eigenvalue weighted by molar-refractivity contribution is 8.00. The molecule has 0 aromatic carbocycles. The fourth-order valence-corrected chi connectivity index (χ4v) is 3.20. The van der Waals surface area contributed by atoms with E-state index in [4.69, 9.17) is 0 Å². The molecule has 0 bridgehead atoms. The maximum atomic E-state index is 2.34. The third kappa shape index (κ3) is 1.69. The molecule has 1 saturated heterocycles. The van der Waals surface area contributed by atoms with E-state index < -0.39 is 0 Å². The van der Waals surface area contributed by atoms with Gasteiger partial charge in [-0.3, -0.25) is 0 Å². The average Bonchev–Trinajstić information content (AvgIpc) is 2.06. The molecule has 1 heteroatoms. The second-order valence-electron chi connectivity index (χ2n) is 3.20. The van der Waals surface area contributed by atoms with Crippen LogP contribution in [0.25, 0.3) is 0 Å². The first kappa shape index (κ1) is 8.45. The molecule has 1 aliphatic heterocycles. The molecule has 0 aromatic heterocycles. The van der Waals surface area contributed by atoms with Crippen LogP contribution in [-0.2, 0) is 0 Å². The Balaban J connectivity index is 2.44. The van der Waals surface area contributed by atoms with Crippen molar-refractivity contribution in [2.45, 2.75) is 50.7 Å². The lowest BCUT2D eigenvalue weighted by molar-refractivity contribution is 0.472. The summed E-state index contributed by atoms with van der Waals surface area (Å²) in [4.78, 5) is 0. The van der Waals surface area contributed by atoms with Gasteiger partial charge in [-0.05, 0) is 31.4 Å². The Hall–Kier alpha value is 0.350. The summed E-state index contributed by atoms with van der Waals surface area (Å²) < 4.78 is 0.679. The van der Waals surface area contributed by atoms with Crippen LogP contribution in [0.4, 0.5) is 0 Å². The molecule has 0 nitrogen and oxygen atoms in total. The summed E-state index contributed by atoms with van der Waals surface area (Å²) in [5, 5.41) is 0. The summed E-state index contributed by atoms with van der Waals surface area (Å²) in [6, 6.07) is 0. The zero-order valence-corrected chi connectivity index (χ0v) is 7.97. The Morgan fingerprint density at radius 2 is 1.90 bits per heavy atom. The van der Waals surface area contributed by atoms with Crippen LogP contribution < -0.4 is 0 Å². The summed E-state index contributed by atoms with van der Waals surface area (Å²) >= 11 is 2.21. The summed E-state index contributed by atoms with van der Waals surface area (Å²) in [5.74, 6) is 1.40. The minimum Gasteiger partial charge on any atom is -0.155 e. The zero-order valence-electron chi connectivity index (χ0n) is 7.15. The SMILES string of the molecule is CCC1(CC)CCCCS1. The lowest BCUT2D eigenvalue weighted by Crippen LogP contribution is -2.26. The van der Waals surface area contributed by atoms with Crippen molar-refractivity contribution in [2.24, 2.45) is 0 Å². The van der Waals surface area contributed by atoms with Crippen LogP contribution in [0.3, 0.4) is 0 Å². The van der Waals surface area contributed by atoms with Gasteiger partial charge in [0, 0.05) is 4.75 Å². The van der Waals surface area contributed by atoms with Crippen LogP contribution in [0.15, 0.2) is 0 Å². The lowest BCUT2D eigenvalue weighted by Gasteiger charge is -2.34. The Labute approximate surface area is 68.8 Å². The van der Waals surface area contributed by atoms with Crippen molar-refractivity contribution in [3.8, 4) is 0 Å². The van der Waals surface area contributed by atoms with Crippen molar-refractivity contribution in [1.29, 1.82) is 0 Å². The first-order chi connectivity index (χ1) is 4.83. The van der Waals surface area contributed by atoms with Crippen LogP contribution in [0.1, 0.15) is 46.0 Å². The molecule has 0 radical (unpaired) electrons. The second kappa shape index (κ2) is 3.66. The molecule has 10 heavy (non-hydrogen) atoms. The van der Waals surface area contributed by atoms with Gasteiger partial charge in [0.1, 0.15) is 0 Å². The van der Waals surface area contributed by atoms with Crippen molar-refractivity contribution in [3.63, 3.8) is 0 Å². The normalized spacial score (nSPS) is 24.6. The van der Waals surface area contributed by atoms with E-state index in [0.29, 0.717) is 4.75 Å². The monoisotopic (exact) mass is 158 g/mol. The van der Waals surface area contributed by atoms with Gasteiger partial charge in [-0.15, -0.1) is 0 Å². The molecule has 1 fully saturated rings. The maximum Gasteiger partial charge on any atom is 0.0154 e. The standard InChI is InChI=1S/C9H18S/c1-3-9(4-2)7-5-6-8-10-9/h3-8H2,1-2H3. The van der Waals surface area contributed by atoms with Gasteiger partial charge < -0.3 is 0 Å². The summed E-state index contributed by atoms with van der Waals surface area (Å²) in [6.07, 6.45) is 7.12. The quantitative estimate of drug-likeness (QED) is 0.593. The van der Waals surface area contributed by atoms with E-state index in [2.05, 4.69) is 25.6 Å². The van der Waals surface area contributed by atoms with Crippen molar-refractivity contribution < 1.29 is 0 Å². The lowest BCUT2D eigenvalue weighted by atomic mass is 9.95. The minimum absolute atomic E-state index is 0.679. The smallest absolute Gasteiger partial charge is 0.0154 e. The maximum absolute atomic E-state index is 2.34. The van der Waals surface area contributed by atoms with Crippen molar-refractivity contribution >= 4 is 11.8 Å². The van der Waals surface area contributed by atoms with Crippen molar-refractivity contribution in [2.75, 3.05) is 5.75 Å². The highest BCUT2D eigenvalue weighted by atomic mass is 32.2. The molecule has 0 aliphatic carbocycles. The van der Waals surface area contributed by atoms with Crippen molar-refractivity contribution in [1.82, 2.24) is 0 Å². The zero-order chi connectivity index (χ0) is 7.45. The fourth-order valence-electron chi connectivity index (χ4n) is 1.72. The minimum atomic E-state index is 0.679. The Kier molecular flexibility index (Phi) is 3.09. The highest BCUT2D eigenvalue weighted by Gasteiger charge is 2.28. The van der Waals surface area contributed by atoms with Crippen LogP contribution in [0.2, 0.25) is 0 Å². The third-order valence-corrected chi connectivity index (χ3v) is 4.61.